The van der Waals surface area contributed by atoms with Gasteiger partial charge in [-0.2, -0.15) is 0 Å². The van der Waals surface area contributed by atoms with Gasteiger partial charge in [-0.05, 0) is 91.1 Å². The summed E-state index contributed by atoms with van der Waals surface area (Å²) in [5.74, 6) is 4.96. The summed E-state index contributed by atoms with van der Waals surface area (Å²) in [6.07, 6.45) is 6.01. The first kappa shape index (κ1) is 15.4. The molecule has 0 amide bonds. The predicted octanol–water partition coefficient (Wildman–Crippen LogP) is 4.18. The first-order valence-electron chi connectivity index (χ1n) is 8.65. The van der Waals surface area contributed by atoms with E-state index in [2.05, 4.69) is 24.3 Å². The number of benzene rings is 1. The Morgan fingerprint density at radius 3 is 2.83 bits per heavy atom. The highest BCUT2D eigenvalue weighted by Crippen LogP contribution is 2.64. The number of phenols is 1. The number of aromatic hydroxyl groups is 1. The summed E-state index contributed by atoms with van der Waals surface area (Å²) in [5.41, 5.74) is 1.65. The Morgan fingerprint density at radius 1 is 1.22 bits per heavy atom. The number of rotatable bonds is 0. The van der Waals surface area contributed by atoms with E-state index in [9.17, 15) is 10.2 Å². The van der Waals surface area contributed by atoms with Crippen LogP contribution in [0.15, 0.2) is 18.2 Å². The minimum absolute atomic E-state index is 0.148. The summed E-state index contributed by atoms with van der Waals surface area (Å²) in [6.45, 7) is 2.22. The standard InChI is InChI=1S/C20H23ClO2/c1-19-8-6-16-15-5-3-14(22)12-13(15)2-4-17(16)18(19)7-9-20(19,23)10-11-21/h3,5,12,16-18,22-23H,2,4,6-9H2,1H3/t16-,17-,18-,19+,20-/m0/s1. The van der Waals surface area contributed by atoms with Crippen molar-refractivity contribution in [3.63, 3.8) is 0 Å². The lowest BCUT2D eigenvalue weighted by molar-refractivity contribution is -0.0647. The lowest BCUT2D eigenvalue weighted by Gasteiger charge is -2.52. The highest BCUT2D eigenvalue weighted by Gasteiger charge is 2.61. The van der Waals surface area contributed by atoms with Gasteiger partial charge >= 0.3 is 0 Å². The van der Waals surface area contributed by atoms with Crippen molar-refractivity contribution in [2.45, 2.75) is 57.0 Å². The largest absolute Gasteiger partial charge is 0.508 e. The van der Waals surface area contributed by atoms with E-state index in [1.165, 1.54) is 11.1 Å². The first-order chi connectivity index (χ1) is 11.0. The Kier molecular flexibility index (Phi) is 3.45. The van der Waals surface area contributed by atoms with E-state index in [0.717, 1.165) is 38.5 Å². The molecule has 0 unspecified atom stereocenters. The number of aliphatic hydroxyl groups is 1. The molecule has 1 aromatic carbocycles. The van der Waals surface area contributed by atoms with Crippen LogP contribution >= 0.6 is 11.6 Å². The van der Waals surface area contributed by atoms with Gasteiger partial charge in [0.05, 0.1) is 0 Å². The molecule has 0 aliphatic heterocycles. The van der Waals surface area contributed by atoms with Crippen molar-refractivity contribution in [3.05, 3.63) is 29.3 Å². The monoisotopic (exact) mass is 330 g/mol. The Morgan fingerprint density at radius 2 is 2.04 bits per heavy atom. The van der Waals surface area contributed by atoms with E-state index >= 15 is 0 Å². The molecular weight excluding hydrogens is 308 g/mol. The summed E-state index contributed by atoms with van der Waals surface area (Å²) < 4.78 is 0. The molecule has 3 heteroatoms. The highest BCUT2D eigenvalue weighted by molar-refractivity contribution is 6.30. The van der Waals surface area contributed by atoms with E-state index in [1.54, 1.807) is 0 Å². The van der Waals surface area contributed by atoms with Crippen molar-refractivity contribution in [2.24, 2.45) is 17.3 Å². The zero-order valence-electron chi connectivity index (χ0n) is 13.5. The van der Waals surface area contributed by atoms with Gasteiger partial charge in [-0.1, -0.05) is 18.9 Å². The maximum atomic E-state index is 11.1. The average molecular weight is 331 g/mol. The molecule has 5 atom stereocenters. The molecule has 2 nitrogen and oxygen atoms in total. The minimum Gasteiger partial charge on any atom is -0.508 e. The van der Waals surface area contributed by atoms with Gasteiger partial charge in [0.25, 0.3) is 0 Å². The van der Waals surface area contributed by atoms with E-state index < -0.39 is 5.60 Å². The van der Waals surface area contributed by atoms with Crippen LogP contribution in [0.1, 0.15) is 56.1 Å². The second kappa shape index (κ2) is 5.16. The molecule has 0 heterocycles. The Labute approximate surface area is 142 Å². The molecule has 1 aromatic rings. The molecule has 4 rings (SSSR count). The first-order valence-corrected chi connectivity index (χ1v) is 9.03. The highest BCUT2D eigenvalue weighted by atomic mass is 35.5. The number of halogens is 1. The van der Waals surface area contributed by atoms with Crippen LogP contribution in [0.3, 0.4) is 0 Å². The van der Waals surface area contributed by atoms with Gasteiger partial charge in [0.1, 0.15) is 11.4 Å². The SMILES string of the molecule is C[C@@]12CC[C@H]3c4ccc(O)cc4CC[C@@H]3[C@@H]1CC[C@]2(O)C#CCl. The molecule has 0 aromatic heterocycles. The van der Waals surface area contributed by atoms with Gasteiger partial charge in [-0.25, -0.2) is 0 Å². The number of fused-ring (bicyclic) bond motifs is 5. The van der Waals surface area contributed by atoms with Gasteiger partial charge < -0.3 is 10.2 Å². The van der Waals surface area contributed by atoms with Gasteiger partial charge in [0.15, 0.2) is 0 Å². The zero-order valence-corrected chi connectivity index (χ0v) is 14.2. The average Bonchev–Trinajstić information content (AvgIpc) is 2.79. The Hall–Kier alpha value is -1.17. The van der Waals surface area contributed by atoms with Crippen LogP contribution in [0.25, 0.3) is 0 Å². The molecule has 2 N–H and O–H groups in total. The lowest BCUT2D eigenvalue weighted by Crippen LogP contribution is -2.50. The molecule has 0 radical (unpaired) electrons. The fourth-order valence-electron chi connectivity index (χ4n) is 5.87. The molecule has 2 fully saturated rings. The van der Waals surface area contributed by atoms with Crippen molar-refractivity contribution < 1.29 is 10.2 Å². The fourth-order valence-corrected chi connectivity index (χ4v) is 6.02. The third-order valence-corrected chi connectivity index (χ3v) is 7.21. The molecule has 0 spiro atoms. The predicted molar refractivity (Wildman–Crippen MR) is 91.3 cm³/mol. The number of aryl methyl sites for hydroxylation is 1. The summed E-state index contributed by atoms with van der Waals surface area (Å²) in [5, 5.41) is 23.3. The second-order valence-corrected chi connectivity index (χ2v) is 8.06. The van der Waals surface area contributed by atoms with Crippen molar-refractivity contribution in [1.82, 2.24) is 0 Å². The van der Waals surface area contributed by atoms with Crippen LogP contribution in [0.5, 0.6) is 5.75 Å². The molecule has 3 aliphatic rings. The molecule has 3 aliphatic carbocycles. The maximum absolute atomic E-state index is 11.1. The van der Waals surface area contributed by atoms with Crippen LogP contribution in [-0.2, 0) is 6.42 Å². The Bertz CT molecular complexity index is 703. The minimum atomic E-state index is -0.931. The quantitative estimate of drug-likeness (QED) is 0.701. The van der Waals surface area contributed by atoms with Crippen LogP contribution < -0.4 is 0 Å². The second-order valence-electron chi connectivity index (χ2n) is 7.87. The number of phenolic OH excluding ortho intramolecular Hbond substituents is 1. The van der Waals surface area contributed by atoms with E-state index in [1.807, 2.05) is 12.1 Å². The van der Waals surface area contributed by atoms with Gasteiger partial charge in [-0.3, -0.25) is 0 Å². The smallest absolute Gasteiger partial charge is 0.132 e. The Balaban J connectivity index is 1.71. The topological polar surface area (TPSA) is 40.5 Å². The number of hydrogen-bond acceptors (Lipinski definition) is 2. The van der Waals surface area contributed by atoms with Crippen LogP contribution in [0.2, 0.25) is 0 Å². The molecule has 122 valence electrons. The van der Waals surface area contributed by atoms with Gasteiger partial charge in [-0.15, -0.1) is 0 Å². The van der Waals surface area contributed by atoms with Crippen molar-refractivity contribution in [1.29, 1.82) is 0 Å². The zero-order chi connectivity index (χ0) is 16.2. The summed E-state index contributed by atoms with van der Waals surface area (Å²) in [6, 6.07) is 5.87. The fraction of sp³-hybridized carbons (Fsp3) is 0.600. The van der Waals surface area contributed by atoms with Gasteiger partial charge in [0.2, 0.25) is 0 Å². The third kappa shape index (κ3) is 2.06. The van der Waals surface area contributed by atoms with Crippen LogP contribution in [0, 0.1) is 28.6 Å². The molecular formula is C20H23ClO2. The number of hydrogen-bond donors (Lipinski definition) is 2. The molecule has 0 bridgehead atoms. The van der Waals surface area contributed by atoms with E-state index in [-0.39, 0.29) is 5.41 Å². The van der Waals surface area contributed by atoms with Gasteiger partial charge in [0, 0.05) is 10.8 Å². The van der Waals surface area contributed by atoms with E-state index in [4.69, 9.17) is 11.6 Å². The van der Waals surface area contributed by atoms with Crippen LogP contribution in [0.4, 0.5) is 0 Å². The summed E-state index contributed by atoms with van der Waals surface area (Å²) in [7, 11) is 0. The normalized spacial score (nSPS) is 41.3. The van der Waals surface area contributed by atoms with E-state index in [0.29, 0.717) is 23.5 Å². The third-order valence-electron chi connectivity index (χ3n) is 7.12. The summed E-state index contributed by atoms with van der Waals surface area (Å²) in [4.78, 5) is 0. The molecule has 2 saturated carbocycles. The van der Waals surface area contributed by atoms with Crippen molar-refractivity contribution >= 4 is 11.6 Å². The van der Waals surface area contributed by atoms with Crippen molar-refractivity contribution in [3.8, 4) is 17.0 Å². The maximum Gasteiger partial charge on any atom is 0.132 e. The summed E-state index contributed by atoms with van der Waals surface area (Å²) >= 11 is 5.64. The molecule has 23 heavy (non-hydrogen) atoms. The lowest BCUT2D eigenvalue weighted by atomic mass is 9.53. The molecule has 0 saturated heterocycles. The van der Waals surface area contributed by atoms with Crippen molar-refractivity contribution in [2.75, 3.05) is 0 Å². The van der Waals surface area contributed by atoms with Crippen LogP contribution in [-0.4, -0.2) is 15.8 Å².